The van der Waals surface area contributed by atoms with Gasteiger partial charge in [0.2, 0.25) is 5.91 Å². The molecule has 0 aliphatic heterocycles. The summed E-state index contributed by atoms with van der Waals surface area (Å²) in [4.78, 5) is 31.6. The second kappa shape index (κ2) is 11.3. The van der Waals surface area contributed by atoms with E-state index in [-0.39, 0.29) is 32.1 Å². The van der Waals surface area contributed by atoms with E-state index in [2.05, 4.69) is 5.48 Å². The Labute approximate surface area is 177 Å². The predicted molar refractivity (Wildman–Crippen MR) is 113 cm³/mol. The van der Waals surface area contributed by atoms with Gasteiger partial charge in [-0.2, -0.15) is 0 Å². The number of ether oxygens (including phenoxy) is 1. The maximum atomic E-state index is 12.8. The predicted octanol–water partition coefficient (Wildman–Crippen LogP) is 3.60. The number of carbonyl (C=O) groups is 2. The van der Waals surface area contributed by atoms with Crippen LogP contribution in [0.3, 0.4) is 0 Å². The molecule has 0 saturated carbocycles. The van der Waals surface area contributed by atoms with Crippen molar-refractivity contribution in [3.05, 3.63) is 71.8 Å². The Bertz CT molecular complexity index is 790. The molecule has 162 valence electrons. The van der Waals surface area contributed by atoms with Crippen molar-refractivity contribution in [2.45, 2.75) is 45.4 Å². The highest BCUT2D eigenvalue weighted by Gasteiger charge is 2.29. The Hall–Kier alpha value is -2.90. The highest BCUT2D eigenvalue weighted by Crippen LogP contribution is 2.23. The molecule has 0 heterocycles. The topological polar surface area (TPSA) is 88.1 Å². The molecule has 0 bridgehead atoms. The van der Waals surface area contributed by atoms with Crippen LogP contribution in [0.15, 0.2) is 60.7 Å². The van der Waals surface area contributed by atoms with Gasteiger partial charge in [0.1, 0.15) is 5.60 Å². The second-order valence-electron chi connectivity index (χ2n) is 7.83. The first-order chi connectivity index (χ1) is 14.3. The molecule has 2 N–H and O–H groups in total. The minimum atomic E-state index is -0.701. The van der Waals surface area contributed by atoms with Gasteiger partial charge in [-0.15, -0.1) is 0 Å². The number of benzene rings is 2. The molecule has 2 aromatic rings. The molecule has 0 aliphatic rings. The summed E-state index contributed by atoms with van der Waals surface area (Å²) >= 11 is 0. The van der Waals surface area contributed by atoms with E-state index >= 15 is 0 Å². The van der Waals surface area contributed by atoms with Crippen molar-refractivity contribution in [3.8, 4) is 0 Å². The number of hydroxylamine groups is 1. The van der Waals surface area contributed by atoms with Crippen molar-refractivity contribution in [2.75, 3.05) is 13.2 Å². The van der Waals surface area contributed by atoms with E-state index < -0.39 is 17.7 Å². The van der Waals surface area contributed by atoms with Gasteiger partial charge in [-0.3, -0.25) is 14.5 Å². The van der Waals surface area contributed by atoms with Gasteiger partial charge in [0.05, 0.1) is 19.3 Å². The van der Waals surface area contributed by atoms with E-state index in [0.29, 0.717) is 0 Å². The van der Waals surface area contributed by atoms with Crippen LogP contribution in [0.4, 0.5) is 4.79 Å². The summed E-state index contributed by atoms with van der Waals surface area (Å²) in [5.74, 6) is -0.371. The van der Waals surface area contributed by atoms with Crippen LogP contribution >= 0.6 is 0 Å². The fourth-order valence-corrected chi connectivity index (χ4v) is 2.80. The molecule has 0 radical (unpaired) electrons. The number of amides is 2. The second-order valence-corrected chi connectivity index (χ2v) is 7.83. The maximum absolute atomic E-state index is 12.8. The Morgan fingerprint density at radius 1 is 1.03 bits per heavy atom. The molecule has 30 heavy (non-hydrogen) atoms. The van der Waals surface area contributed by atoms with Crippen molar-refractivity contribution < 1.29 is 24.3 Å². The summed E-state index contributed by atoms with van der Waals surface area (Å²) in [7, 11) is 0. The van der Waals surface area contributed by atoms with Crippen LogP contribution in [0.5, 0.6) is 0 Å². The Morgan fingerprint density at radius 2 is 1.63 bits per heavy atom. The van der Waals surface area contributed by atoms with E-state index in [1.165, 1.54) is 4.90 Å². The summed E-state index contributed by atoms with van der Waals surface area (Å²) in [5, 5.41) is 9.96. The van der Waals surface area contributed by atoms with E-state index in [4.69, 9.17) is 9.57 Å². The third kappa shape index (κ3) is 7.85. The third-order valence-corrected chi connectivity index (χ3v) is 4.21. The molecule has 0 saturated heterocycles. The molecule has 0 aromatic heterocycles. The standard InChI is InChI=1S/C23H30N2O5/c1-23(2,3)30-22(28)25(20(16-26)19-12-8-5-9-13-19)15-14-21(27)24-29-17-18-10-6-4-7-11-18/h4-13,20,26H,14-17H2,1-3H3,(H,24,27)/t20-/m0/s1. The van der Waals surface area contributed by atoms with Crippen LogP contribution in [-0.2, 0) is 21.0 Å². The lowest BCUT2D eigenvalue weighted by molar-refractivity contribution is -0.135. The molecule has 0 aliphatic carbocycles. The van der Waals surface area contributed by atoms with Crippen LogP contribution in [0.1, 0.15) is 44.4 Å². The number of hydrogen-bond acceptors (Lipinski definition) is 5. The van der Waals surface area contributed by atoms with Gasteiger partial charge in [0.25, 0.3) is 0 Å². The largest absolute Gasteiger partial charge is 0.444 e. The van der Waals surface area contributed by atoms with Gasteiger partial charge >= 0.3 is 6.09 Å². The normalized spacial score (nSPS) is 12.1. The van der Waals surface area contributed by atoms with Crippen LogP contribution in [0.25, 0.3) is 0 Å². The summed E-state index contributed by atoms with van der Waals surface area (Å²) in [6.45, 7) is 5.31. The zero-order valence-corrected chi connectivity index (χ0v) is 17.7. The third-order valence-electron chi connectivity index (χ3n) is 4.21. The molecule has 7 nitrogen and oxygen atoms in total. The minimum absolute atomic E-state index is 0.00261. The highest BCUT2D eigenvalue weighted by molar-refractivity contribution is 5.76. The van der Waals surface area contributed by atoms with E-state index in [1.807, 2.05) is 60.7 Å². The van der Waals surface area contributed by atoms with Crippen molar-refractivity contribution in [2.24, 2.45) is 0 Å². The number of nitrogens with one attached hydrogen (secondary N) is 1. The smallest absolute Gasteiger partial charge is 0.410 e. The van der Waals surface area contributed by atoms with Crippen molar-refractivity contribution in [1.29, 1.82) is 0 Å². The quantitative estimate of drug-likeness (QED) is 0.612. The van der Waals surface area contributed by atoms with Gasteiger partial charge in [0, 0.05) is 13.0 Å². The van der Waals surface area contributed by atoms with Gasteiger partial charge in [-0.25, -0.2) is 10.3 Å². The summed E-state index contributed by atoms with van der Waals surface area (Å²) in [6, 6.07) is 18.0. The molecule has 7 heteroatoms. The van der Waals surface area contributed by atoms with E-state index in [1.54, 1.807) is 20.8 Å². The van der Waals surface area contributed by atoms with Gasteiger partial charge < -0.3 is 9.84 Å². The number of hydrogen-bond donors (Lipinski definition) is 2. The van der Waals surface area contributed by atoms with Gasteiger partial charge in [-0.05, 0) is 31.9 Å². The van der Waals surface area contributed by atoms with Crippen molar-refractivity contribution in [3.63, 3.8) is 0 Å². The maximum Gasteiger partial charge on any atom is 0.410 e. The van der Waals surface area contributed by atoms with Crippen LogP contribution in [0.2, 0.25) is 0 Å². The average Bonchev–Trinajstić information content (AvgIpc) is 2.71. The lowest BCUT2D eigenvalue weighted by atomic mass is 10.1. The lowest BCUT2D eigenvalue weighted by Gasteiger charge is -2.32. The number of carbonyl (C=O) groups excluding carboxylic acids is 2. The Morgan fingerprint density at radius 3 is 2.20 bits per heavy atom. The molecule has 1 atom stereocenters. The molecule has 0 fully saturated rings. The van der Waals surface area contributed by atoms with Crippen LogP contribution in [-0.4, -0.2) is 40.8 Å². The van der Waals surface area contributed by atoms with E-state index in [0.717, 1.165) is 11.1 Å². The van der Waals surface area contributed by atoms with Crippen LogP contribution < -0.4 is 5.48 Å². The van der Waals surface area contributed by atoms with Gasteiger partial charge in [0.15, 0.2) is 0 Å². The SMILES string of the molecule is CC(C)(C)OC(=O)N(CCC(=O)NOCc1ccccc1)[C@@H](CO)c1ccccc1. The summed E-state index contributed by atoms with van der Waals surface area (Å²) in [6.07, 6.45) is -0.597. The first-order valence-electron chi connectivity index (χ1n) is 9.90. The molecule has 0 spiro atoms. The molecule has 2 rings (SSSR count). The minimum Gasteiger partial charge on any atom is -0.444 e. The molecule has 2 aromatic carbocycles. The molecular weight excluding hydrogens is 384 g/mol. The average molecular weight is 415 g/mol. The molecular formula is C23H30N2O5. The first kappa shape index (κ1) is 23.4. The number of nitrogens with zero attached hydrogens (tertiary/aromatic N) is 1. The number of aliphatic hydroxyl groups excluding tert-OH is 1. The zero-order chi connectivity index (χ0) is 22.0. The van der Waals surface area contributed by atoms with E-state index in [9.17, 15) is 14.7 Å². The van der Waals surface area contributed by atoms with Crippen molar-refractivity contribution >= 4 is 12.0 Å². The fourth-order valence-electron chi connectivity index (χ4n) is 2.80. The molecule has 0 unspecified atom stereocenters. The zero-order valence-electron chi connectivity index (χ0n) is 17.7. The van der Waals surface area contributed by atoms with Crippen molar-refractivity contribution in [1.82, 2.24) is 10.4 Å². The number of rotatable bonds is 9. The lowest BCUT2D eigenvalue weighted by Crippen LogP contribution is -2.42. The molecule has 2 amide bonds. The summed E-state index contributed by atoms with van der Waals surface area (Å²) in [5.41, 5.74) is 3.37. The first-order valence-corrected chi connectivity index (χ1v) is 9.90. The fraction of sp³-hybridized carbons (Fsp3) is 0.391. The monoisotopic (exact) mass is 414 g/mol. The van der Waals surface area contributed by atoms with Gasteiger partial charge in [-0.1, -0.05) is 60.7 Å². The number of aliphatic hydroxyl groups is 1. The van der Waals surface area contributed by atoms with Crippen LogP contribution in [0, 0.1) is 0 Å². The Kier molecular flexibility index (Phi) is 8.83. The Balaban J connectivity index is 1.99. The highest BCUT2D eigenvalue weighted by atomic mass is 16.6. The summed E-state index contributed by atoms with van der Waals surface area (Å²) < 4.78 is 5.49.